The van der Waals surface area contributed by atoms with Crippen LogP contribution in [0.15, 0.2) is 85.1 Å². The number of nitrogens with zero attached hydrogens (tertiary/aromatic N) is 2. The van der Waals surface area contributed by atoms with Gasteiger partial charge in [0.25, 0.3) is 0 Å². The Bertz CT molecular complexity index is 1580. The summed E-state index contributed by atoms with van der Waals surface area (Å²) in [5.74, 6) is 6.46. The van der Waals surface area contributed by atoms with E-state index in [0.717, 1.165) is 42.6 Å². The molecular formula is C34H29F2N3. The molecule has 2 aliphatic heterocycles. The zero-order valence-corrected chi connectivity index (χ0v) is 22.0. The maximum atomic E-state index is 15.8. The van der Waals surface area contributed by atoms with Gasteiger partial charge < -0.3 is 10.2 Å². The lowest BCUT2D eigenvalue weighted by Gasteiger charge is -2.27. The second kappa shape index (κ2) is 11.0. The number of fused-ring (bicyclic) bond motifs is 1. The van der Waals surface area contributed by atoms with Gasteiger partial charge in [-0.15, -0.1) is 0 Å². The van der Waals surface area contributed by atoms with Crippen molar-refractivity contribution in [2.24, 2.45) is 5.92 Å². The van der Waals surface area contributed by atoms with E-state index in [1.807, 2.05) is 24.3 Å². The van der Waals surface area contributed by atoms with Gasteiger partial charge >= 0.3 is 0 Å². The van der Waals surface area contributed by atoms with Crippen LogP contribution in [-0.4, -0.2) is 13.1 Å². The van der Waals surface area contributed by atoms with Crippen LogP contribution in [0.4, 0.5) is 20.2 Å². The Labute approximate surface area is 228 Å². The number of halogens is 2. The van der Waals surface area contributed by atoms with Gasteiger partial charge in [-0.05, 0) is 52.8 Å². The molecule has 5 heteroatoms. The Morgan fingerprint density at radius 1 is 1.10 bits per heavy atom. The highest BCUT2D eigenvalue weighted by molar-refractivity contribution is 5.96. The molecule has 0 amide bonds. The molecule has 3 aromatic rings. The molecule has 39 heavy (non-hydrogen) atoms. The molecular weight excluding hydrogens is 488 g/mol. The van der Waals surface area contributed by atoms with Crippen LogP contribution >= 0.6 is 0 Å². The van der Waals surface area contributed by atoms with Crippen LogP contribution in [0.5, 0.6) is 0 Å². The van der Waals surface area contributed by atoms with E-state index in [1.54, 1.807) is 18.3 Å². The lowest BCUT2D eigenvalue weighted by atomic mass is 9.89. The molecule has 0 spiro atoms. The van der Waals surface area contributed by atoms with Gasteiger partial charge in [-0.2, -0.15) is 5.26 Å². The number of anilines is 2. The van der Waals surface area contributed by atoms with Crippen LogP contribution in [0.25, 0.3) is 16.7 Å². The number of nitrogens with one attached hydrogen (secondary N) is 1. The quantitative estimate of drug-likeness (QED) is 0.277. The topological polar surface area (TPSA) is 39.1 Å². The maximum absolute atomic E-state index is 15.8. The van der Waals surface area contributed by atoms with E-state index < -0.39 is 0 Å². The molecule has 2 heterocycles. The molecule has 1 saturated heterocycles. The first-order valence-corrected chi connectivity index (χ1v) is 13.1. The number of hydrogen-bond acceptors (Lipinski definition) is 3. The van der Waals surface area contributed by atoms with E-state index >= 15 is 4.39 Å². The molecule has 0 radical (unpaired) electrons. The van der Waals surface area contributed by atoms with Crippen LogP contribution < -0.4 is 10.2 Å². The number of hydrogen-bond donors (Lipinski definition) is 1. The summed E-state index contributed by atoms with van der Waals surface area (Å²) in [6, 6.07) is 18.0. The first kappa shape index (κ1) is 26.0. The zero-order chi connectivity index (χ0) is 27.5. The Morgan fingerprint density at radius 3 is 2.44 bits per heavy atom. The standard InChI is InChI=1S/C34H29F2N3/c1-4-24-16-17-39(21-24)34-29(33-30(18-32(34)36)23(3)31(20-38-33)22(2)19-37)7-5-6-25-8-10-26(11-9-25)27-12-14-28(35)15-13-27/h8-15,18,20,24,38H,2-4,6,16-17,21H2,1H3. The second-order valence-electron chi connectivity index (χ2n) is 9.97. The van der Waals surface area contributed by atoms with Crippen molar-refractivity contribution in [1.29, 1.82) is 5.26 Å². The van der Waals surface area contributed by atoms with Crippen molar-refractivity contribution in [3.63, 3.8) is 0 Å². The normalized spacial score (nSPS) is 15.9. The molecule has 3 aromatic carbocycles. The lowest BCUT2D eigenvalue weighted by molar-refractivity contribution is 0.567. The minimum absolute atomic E-state index is 0.261. The molecule has 0 saturated carbocycles. The number of benzene rings is 3. The molecule has 0 aliphatic carbocycles. The van der Waals surface area contributed by atoms with E-state index in [0.29, 0.717) is 46.0 Å². The first-order chi connectivity index (χ1) is 18.9. The minimum Gasteiger partial charge on any atom is -0.368 e. The third-order valence-electron chi connectivity index (χ3n) is 7.54. The van der Waals surface area contributed by atoms with Crippen molar-refractivity contribution in [2.45, 2.75) is 26.2 Å². The first-order valence-electron chi connectivity index (χ1n) is 13.1. The monoisotopic (exact) mass is 517 g/mol. The fourth-order valence-electron chi connectivity index (χ4n) is 5.23. The number of rotatable bonds is 5. The van der Waals surface area contributed by atoms with Gasteiger partial charge in [0.1, 0.15) is 11.6 Å². The van der Waals surface area contributed by atoms with Crippen molar-refractivity contribution in [2.75, 3.05) is 23.3 Å². The lowest BCUT2D eigenvalue weighted by Crippen LogP contribution is -2.23. The summed E-state index contributed by atoms with van der Waals surface area (Å²) in [7, 11) is 0. The fraction of sp³-hybridized carbons (Fsp3) is 0.206. The van der Waals surface area contributed by atoms with Gasteiger partial charge in [-0.3, -0.25) is 0 Å². The highest BCUT2D eigenvalue weighted by Gasteiger charge is 2.30. The molecule has 3 nitrogen and oxygen atoms in total. The van der Waals surface area contributed by atoms with Gasteiger partial charge in [-0.25, -0.2) is 8.78 Å². The summed E-state index contributed by atoms with van der Waals surface area (Å²) in [6.07, 6.45) is 4.26. The Hall–Kier alpha value is -4.61. The number of nitriles is 1. The largest absolute Gasteiger partial charge is 0.368 e. The molecule has 1 unspecified atom stereocenters. The molecule has 5 rings (SSSR count). The fourth-order valence-corrected chi connectivity index (χ4v) is 5.23. The summed E-state index contributed by atoms with van der Waals surface area (Å²) in [5, 5.41) is 12.6. The molecule has 1 N–H and O–H groups in total. The molecule has 1 fully saturated rings. The predicted molar refractivity (Wildman–Crippen MR) is 155 cm³/mol. The van der Waals surface area contributed by atoms with Crippen LogP contribution in [0.3, 0.4) is 0 Å². The van der Waals surface area contributed by atoms with Gasteiger partial charge in [-0.1, -0.05) is 74.7 Å². The third kappa shape index (κ3) is 5.22. The highest BCUT2D eigenvalue weighted by atomic mass is 19.1. The Kier molecular flexibility index (Phi) is 7.35. The Morgan fingerprint density at radius 2 is 1.79 bits per heavy atom. The molecule has 2 aliphatic rings. The van der Waals surface area contributed by atoms with Crippen molar-refractivity contribution in [1.82, 2.24) is 0 Å². The number of allylic oxidation sites excluding steroid dienone is 3. The summed E-state index contributed by atoms with van der Waals surface area (Å²) in [5.41, 5.74) is 6.74. The van der Waals surface area contributed by atoms with Gasteiger partial charge in [0.05, 0.1) is 28.6 Å². The van der Waals surface area contributed by atoms with Crippen LogP contribution in [0.1, 0.15) is 36.5 Å². The van der Waals surface area contributed by atoms with E-state index in [1.165, 1.54) is 18.2 Å². The summed E-state index contributed by atoms with van der Waals surface area (Å²) in [6.45, 7) is 11.7. The van der Waals surface area contributed by atoms with E-state index in [4.69, 9.17) is 0 Å². The van der Waals surface area contributed by atoms with Crippen LogP contribution in [-0.2, 0) is 6.42 Å². The molecule has 1 atom stereocenters. The van der Waals surface area contributed by atoms with Gasteiger partial charge in [0.15, 0.2) is 0 Å². The minimum atomic E-state index is -0.342. The van der Waals surface area contributed by atoms with E-state index in [-0.39, 0.29) is 17.2 Å². The van der Waals surface area contributed by atoms with E-state index in [9.17, 15) is 9.65 Å². The Balaban J connectivity index is 1.49. The van der Waals surface area contributed by atoms with Crippen molar-refractivity contribution in [3.05, 3.63) is 113 Å². The summed E-state index contributed by atoms with van der Waals surface area (Å²) in [4.78, 5) is 2.10. The maximum Gasteiger partial charge on any atom is 0.148 e. The predicted octanol–water partition coefficient (Wildman–Crippen LogP) is 7.86. The van der Waals surface area contributed by atoms with Crippen molar-refractivity contribution in [3.8, 4) is 29.0 Å². The van der Waals surface area contributed by atoms with Crippen LogP contribution in [0, 0.1) is 40.7 Å². The zero-order valence-electron chi connectivity index (χ0n) is 22.0. The molecule has 194 valence electrons. The van der Waals surface area contributed by atoms with Gasteiger partial charge in [0, 0.05) is 36.8 Å². The third-order valence-corrected chi connectivity index (χ3v) is 7.54. The summed E-state index contributed by atoms with van der Waals surface area (Å²) >= 11 is 0. The average Bonchev–Trinajstić information content (AvgIpc) is 3.43. The highest BCUT2D eigenvalue weighted by Crippen LogP contribution is 2.43. The van der Waals surface area contributed by atoms with Crippen LogP contribution in [0.2, 0.25) is 0 Å². The molecule has 0 aromatic heterocycles. The molecule has 0 bridgehead atoms. The second-order valence-corrected chi connectivity index (χ2v) is 9.97. The SMILES string of the molecule is C=C(C#N)C1=CNc2c(cc(F)c(N3CCC(CC)C3)c2C#CCc2ccc(-c3ccc(F)cc3)cc2)C1=C. The average molecular weight is 518 g/mol. The summed E-state index contributed by atoms with van der Waals surface area (Å²) < 4.78 is 29.0. The van der Waals surface area contributed by atoms with E-state index in [2.05, 4.69) is 48.2 Å². The van der Waals surface area contributed by atoms with Gasteiger partial charge in [0.2, 0.25) is 0 Å². The smallest absolute Gasteiger partial charge is 0.148 e. The van der Waals surface area contributed by atoms with Crippen molar-refractivity contribution < 1.29 is 8.78 Å². The van der Waals surface area contributed by atoms with Crippen molar-refractivity contribution >= 4 is 16.9 Å².